The van der Waals surface area contributed by atoms with Crippen LogP contribution >= 0.6 is 0 Å². The molecule has 1 heterocycles. The first-order valence-electron chi connectivity index (χ1n) is 7.64. The zero-order valence-electron chi connectivity index (χ0n) is 14.4. The number of hydrogen-bond donors (Lipinski definition) is 0. The van der Waals surface area contributed by atoms with Crippen molar-refractivity contribution in [3.63, 3.8) is 0 Å². The summed E-state index contributed by atoms with van der Waals surface area (Å²) in [4.78, 5) is 27.7. The summed E-state index contributed by atoms with van der Waals surface area (Å²) >= 11 is 0. The highest BCUT2D eigenvalue weighted by Crippen LogP contribution is 2.25. The van der Waals surface area contributed by atoms with Crippen molar-refractivity contribution in [1.82, 2.24) is 9.80 Å². The second-order valence-corrected chi connectivity index (χ2v) is 6.96. The van der Waals surface area contributed by atoms with Crippen molar-refractivity contribution in [2.45, 2.75) is 39.5 Å². The Bertz CT molecular complexity index is 642. The molecule has 1 aliphatic rings. The van der Waals surface area contributed by atoms with Crippen molar-refractivity contribution in [1.29, 1.82) is 0 Å². The lowest BCUT2D eigenvalue weighted by atomic mass is 10.0. The van der Waals surface area contributed by atoms with Gasteiger partial charge in [-0.1, -0.05) is 12.1 Å². The summed E-state index contributed by atoms with van der Waals surface area (Å²) in [5.74, 6) is -0.0442. The summed E-state index contributed by atoms with van der Waals surface area (Å²) in [6.45, 7) is 6.54. The predicted molar refractivity (Wildman–Crippen MR) is 89.1 cm³/mol. The molecule has 0 N–H and O–H groups in total. The van der Waals surface area contributed by atoms with Gasteiger partial charge in [-0.2, -0.15) is 0 Å². The number of ether oxygens (including phenoxy) is 1. The lowest BCUT2D eigenvalue weighted by molar-refractivity contribution is 0.0242. The summed E-state index contributed by atoms with van der Waals surface area (Å²) in [6.07, 6.45) is 2.94. The molecule has 0 spiro atoms. The molecule has 1 amide bonds. The van der Waals surface area contributed by atoms with E-state index in [0.717, 1.165) is 11.1 Å². The van der Waals surface area contributed by atoms with E-state index in [2.05, 4.69) is 0 Å². The van der Waals surface area contributed by atoms with Gasteiger partial charge in [-0.05, 0) is 38.0 Å². The van der Waals surface area contributed by atoms with E-state index in [9.17, 15) is 9.59 Å². The standard InChI is InChI=1S/C18H24N2O3/c1-18(2,3)23-17(22)20-11-14-7-6-13(10-15(14)12-20)16(21)8-9-19(4)5/h6-10H,11-12H2,1-5H3/b9-8+. The van der Waals surface area contributed by atoms with Gasteiger partial charge in [0.2, 0.25) is 0 Å². The van der Waals surface area contributed by atoms with E-state index in [4.69, 9.17) is 4.74 Å². The third-order valence-corrected chi connectivity index (χ3v) is 3.39. The SMILES string of the molecule is CN(C)/C=C/C(=O)c1ccc2c(c1)CN(C(=O)OC(C)(C)C)C2. The molecule has 0 radical (unpaired) electrons. The Morgan fingerprint density at radius 3 is 2.43 bits per heavy atom. The summed E-state index contributed by atoms with van der Waals surface area (Å²) < 4.78 is 5.40. The number of amides is 1. The van der Waals surface area contributed by atoms with Gasteiger partial charge in [-0.25, -0.2) is 4.79 Å². The summed E-state index contributed by atoms with van der Waals surface area (Å²) in [6, 6.07) is 5.58. The zero-order valence-corrected chi connectivity index (χ0v) is 14.4. The minimum Gasteiger partial charge on any atom is -0.444 e. The molecule has 0 bridgehead atoms. The van der Waals surface area contributed by atoms with Crippen molar-refractivity contribution >= 4 is 11.9 Å². The van der Waals surface area contributed by atoms with Crippen LogP contribution in [0.25, 0.3) is 0 Å². The first-order chi connectivity index (χ1) is 10.7. The molecule has 1 aliphatic heterocycles. The van der Waals surface area contributed by atoms with Gasteiger partial charge in [0.25, 0.3) is 0 Å². The number of benzene rings is 1. The fraction of sp³-hybridized carbons (Fsp3) is 0.444. The molecular formula is C18H24N2O3. The first-order valence-corrected chi connectivity index (χ1v) is 7.64. The molecule has 1 aromatic carbocycles. The molecule has 0 atom stereocenters. The highest BCUT2D eigenvalue weighted by Gasteiger charge is 2.28. The average Bonchev–Trinajstić information content (AvgIpc) is 2.85. The van der Waals surface area contributed by atoms with Gasteiger partial charge >= 0.3 is 6.09 Å². The third kappa shape index (κ3) is 4.58. The van der Waals surface area contributed by atoms with E-state index in [1.165, 1.54) is 0 Å². The maximum Gasteiger partial charge on any atom is 0.410 e. The number of carbonyl (C=O) groups excluding carboxylic acids is 2. The summed E-state index contributed by atoms with van der Waals surface area (Å²) in [5, 5.41) is 0. The van der Waals surface area contributed by atoms with E-state index in [1.807, 2.05) is 51.9 Å². The lowest BCUT2D eigenvalue weighted by Crippen LogP contribution is -2.33. The molecule has 0 saturated heterocycles. The van der Waals surface area contributed by atoms with E-state index in [1.54, 1.807) is 23.2 Å². The number of carbonyl (C=O) groups is 2. The van der Waals surface area contributed by atoms with Crippen LogP contribution in [0.3, 0.4) is 0 Å². The molecule has 0 aromatic heterocycles. The quantitative estimate of drug-likeness (QED) is 0.635. The van der Waals surface area contributed by atoms with E-state index < -0.39 is 5.60 Å². The van der Waals surface area contributed by atoms with Gasteiger partial charge in [0.15, 0.2) is 5.78 Å². The minimum absolute atomic E-state index is 0.0442. The first kappa shape index (κ1) is 17.1. The zero-order chi connectivity index (χ0) is 17.2. The van der Waals surface area contributed by atoms with Crippen LogP contribution in [0.4, 0.5) is 4.79 Å². The molecule has 5 nitrogen and oxygen atoms in total. The van der Waals surface area contributed by atoms with Crippen LogP contribution in [0.2, 0.25) is 0 Å². The molecule has 0 unspecified atom stereocenters. The number of nitrogens with zero attached hydrogens (tertiary/aromatic N) is 2. The van der Waals surface area contributed by atoms with E-state index in [-0.39, 0.29) is 11.9 Å². The average molecular weight is 316 g/mol. The van der Waals surface area contributed by atoms with Gasteiger partial charge in [-0.3, -0.25) is 9.69 Å². The molecule has 1 aromatic rings. The Labute approximate surface area is 137 Å². The largest absolute Gasteiger partial charge is 0.444 e. The normalized spacial score (nSPS) is 14.0. The highest BCUT2D eigenvalue weighted by molar-refractivity contribution is 6.04. The van der Waals surface area contributed by atoms with Crippen molar-refractivity contribution in [3.05, 3.63) is 47.2 Å². The Kier molecular flexibility index (Phi) is 4.78. The summed E-state index contributed by atoms with van der Waals surface area (Å²) in [5.41, 5.74) is 2.18. The van der Waals surface area contributed by atoms with Crippen LogP contribution < -0.4 is 0 Å². The maximum absolute atomic E-state index is 12.1. The van der Waals surface area contributed by atoms with Crippen LogP contribution in [-0.2, 0) is 17.8 Å². The van der Waals surface area contributed by atoms with E-state index >= 15 is 0 Å². The van der Waals surface area contributed by atoms with Crippen molar-refractivity contribution in [2.24, 2.45) is 0 Å². The van der Waals surface area contributed by atoms with Gasteiger partial charge in [0.1, 0.15) is 5.60 Å². The number of hydrogen-bond acceptors (Lipinski definition) is 4. The van der Waals surface area contributed by atoms with Crippen LogP contribution in [0.1, 0.15) is 42.3 Å². The van der Waals surface area contributed by atoms with Crippen LogP contribution in [-0.4, -0.2) is 41.4 Å². The van der Waals surface area contributed by atoms with Crippen molar-refractivity contribution < 1.29 is 14.3 Å². The predicted octanol–water partition coefficient (Wildman–Crippen LogP) is 3.20. The van der Waals surface area contributed by atoms with Crippen molar-refractivity contribution in [3.8, 4) is 0 Å². The second-order valence-electron chi connectivity index (χ2n) is 6.96. The Hall–Kier alpha value is -2.30. The molecule has 23 heavy (non-hydrogen) atoms. The molecular weight excluding hydrogens is 292 g/mol. The topological polar surface area (TPSA) is 49.9 Å². The van der Waals surface area contributed by atoms with Gasteiger partial charge in [-0.15, -0.1) is 0 Å². The third-order valence-electron chi connectivity index (χ3n) is 3.39. The van der Waals surface area contributed by atoms with Gasteiger partial charge < -0.3 is 9.64 Å². The Balaban J connectivity index is 2.09. The number of fused-ring (bicyclic) bond motifs is 1. The van der Waals surface area contributed by atoms with E-state index in [0.29, 0.717) is 18.7 Å². The molecule has 5 heteroatoms. The fourth-order valence-electron chi connectivity index (χ4n) is 2.32. The molecule has 2 rings (SSSR count). The second kappa shape index (κ2) is 6.44. The van der Waals surface area contributed by atoms with Crippen LogP contribution in [0.15, 0.2) is 30.5 Å². The van der Waals surface area contributed by atoms with Gasteiger partial charge in [0.05, 0.1) is 0 Å². The monoisotopic (exact) mass is 316 g/mol. The Morgan fingerprint density at radius 2 is 1.83 bits per heavy atom. The highest BCUT2D eigenvalue weighted by atomic mass is 16.6. The van der Waals surface area contributed by atoms with Crippen LogP contribution in [0, 0.1) is 0 Å². The molecule has 0 aliphatic carbocycles. The number of ketones is 1. The maximum atomic E-state index is 12.1. The molecule has 124 valence electrons. The lowest BCUT2D eigenvalue weighted by Gasteiger charge is -2.24. The molecule has 0 saturated carbocycles. The van der Waals surface area contributed by atoms with Gasteiger partial charge in [0, 0.05) is 45.0 Å². The Morgan fingerprint density at radius 1 is 1.17 bits per heavy atom. The molecule has 0 fully saturated rings. The number of rotatable bonds is 3. The van der Waals surface area contributed by atoms with Crippen molar-refractivity contribution in [2.75, 3.05) is 14.1 Å². The van der Waals surface area contributed by atoms with Crippen LogP contribution in [0.5, 0.6) is 0 Å². The minimum atomic E-state index is -0.510. The smallest absolute Gasteiger partial charge is 0.410 e. The number of allylic oxidation sites excluding steroid dienone is 1. The fourth-order valence-corrected chi connectivity index (χ4v) is 2.32. The summed E-state index contributed by atoms with van der Waals surface area (Å²) in [7, 11) is 3.73.